The van der Waals surface area contributed by atoms with Crippen LogP contribution in [0.4, 0.5) is 0 Å². The first kappa shape index (κ1) is 21.8. The van der Waals surface area contributed by atoms with Crippen LogP contribution in [0.25, 0.3) is 0 Å². The number of hydrogen-bond donors (Lipinski definition) is 0. The van der Waals surface area contributed by atoms with Gasteiger partial charge in [0.25, 0.3) is 0 Å². The number of ketones is 1. The molecule has 3 heteroatoms. The molecule has 2 aromatic rings. The molecule has 0 spiro atoms. The van der Waals surface area contributed by atoms with Crippen LogP contribution in [-0.4, -0.2) is 17.9 Å². The van der Waals surface area contributed by atoms with E-state index in [2.05, 4.69) is 45.0 Å². The highest BCUT2D eigenvalue weighted by Crippen LogP contribution is 2.45. The molecular weight excluding hydrogens is 384 g/mol. The zero-order chi connectivity index (χ0) is 22.0. The second kappa shape index (κ2) is 8.98. The molecule has 2 fully saturated rings. The van der Waals surface area contributed by atoms with Crippen LogP contribution >= 0.6 is 0 Å². The number of esters is 1. The van der Waals surface area contributed by atoms with E-state index in [0.717, 1.165) is 31.2 Å². The van der Waals surface area contributed by atoms with Crippen LogP contribution in [0.5, 0.6) is 0 Å². The third kappa shape index (κ3) is 4.46. The maximum atomic E-state index is 13.4. The van der Waals surface area contributed by atoms with Crippen LogP contribution in [0.1, 0.15) is 69.9 Å². The molecule has 0 heterocycles. The predicted octanol–water partition coefficient (Wildman–Crippen LogP) is 6.08. The number of benzene rings is 2. The summed E-state index contributed by atoms with van der Waals surface area (Å²) < 4.78 is 6.23. The van der Waals surface area contributed by atoms with Crippen LogP contribution in [0.3, 0.4) is 0 Å². The lowest BCUT2D eigenvalue weighted by molar-refractivity contribution is -0.163. The molecule has 0 saturated heterocycles. The van der Waals surface area contributed by atoms with Gasteiger partial charge in [-0.15, -0.1) is 0 Å². The van der Waals surface area contributed by atoms with Crippen molar-refractivity contribution in [1.29, 1.82) is 0 Å². The number of rotatable bonds is 5. The summed E-state index contributed by atoms with van der Waals surface area (Å²) in [7, 11) is 0. The van der Waals surface area contributed by atoms with E-state index in [9.17, 15) is 9.59 Å². The van der Waals surface area contributed by atoms with E-state index in [0.29, 0.717) is 12.3 Å². The first-order chi connectivity index (χ1) is 14.9. The third-order valence-corrected chi connectivity index (χ3v) is 7.70. The quantitative estimate of drug-likeness (QED) is 0.437. The molecule has 2 saturated carbocycles. The van der Waals surface area contributed by atoms with E-state index in [4.69, 9.17) is 4.74 Å². The van der Waals surface area contributed by atoms with Gasteiger partial charge < -0.3 is 4.74 Å². The molecule has 31 heavy (non-hydrogen) atoms. The molecule has 2 aromatic carbocycles. The van der Waals surface area contributed by atoms with Crippen molar-refractivity contribution in [2.45, 2.75) is 70.3 Å². The van der Waals surface area contributed by atoms with Crippen LogP contribution in [-0.2, 0) is 19.7 Å². The van der Waals surface area contributed by atoms with Crippen molar-refractivity contribution >= 4 is 11.8 Å². The average Bonchev–Trinajstić information content (AvgIpc) is 3.16. The smallest absolute Gasteiger partial charge is 0.317 e. The van der Waals surface area contributed by atoms with Gasteiger partial charge in [-0.05, 0) is 41.7 Å². The topological polar surface area (TPSA) is 43.4 Å². The van der Waals surface area contributed by atoms with Gasteiger partial charge in [-0.1, -0.05) is 87.9 Å². The minimum atomic E-state index is -0.667. The Balaban J connectivity index is 1.56. The second-order valence-corrected chi connectivity index (χ2v) is 10.1. The molecule has 0 bridgehead atoms. The normalized spacial score (nSPS) is 29.0. The fraction of sp³-hybridized carbons (Fsp3) is 0.500. The number of hydrogen-bond acceptors (Lipinski definition) is 3. The summed E-state index contributed by atoms with van der Waals surface area (Å²) in [6, 6.07) is 20.5. The average molecular weight is 419 g/mol. The largest absolute Gasteiger partial charge is 0.461 e. The first-order valence-electron chi connectivity index (χ1n) is 11.7. The van der Waals surface area contributed by atoms with Gasteiger partial charge in [0.1, 0.15) is 17.8 Å². The summed E-state index contributed by atoms with van der Waals surface area (Å²) in [6.45, 7) is 6.76. The number of carbonyl (C=O) groups is 2. The minimum absolute atomic E-state index is 0.0292. The van der Waals surface area contributed by atoms with Crippen molar-refractivity contribution in [1.82, 2.24) is 0 Å². The highest BCUT2D eigenvalue weighted by molar-refractivity contribution is 6.01. The number of carbonyl (C=O) groups excluding carboxylic acids is 2. The van der Waals surface area contributed by atoms with Crippen LogP contribution in [0, 0.1) is 17.8 Å². The lowest BCUT2D eigenvalue weighted by Crippen LogP contribution is -2.44. The van der Waals surface area contributed by atoms with E-state index in [1.54, 1.807) is 0 Å². The molecule has 164 valence electrons. The van der Waals surface area contributed by atoms with E-state index in [1.165, 1.54) is 5.56 Å². The summed E-state index contributed by atoms with van der Waals surface area (Å²) in [6.07, 6.45) is 4.06. The zero-order valence-electron chi connectivity index (χ0n) is 18.9. The number of ether oxygens (including phenoxy) is 1. The van der Waals surface area contributed by atoms with Crippen molar-refractivity contribution in [3.05, 3.63) is 71.8 Å². The Bertz CT molecular complexity index is 902. The van der Waals surface area contributed by atoms with Crippen molar-refractivity contribution in [3.8, 4) is 0 Å². The van der Waals surface area contributed by atoms with E-state index in [1.807, 2.05) is 36.4 Å². The summed E-state index contributed by atoms with van der Waals surface area (Å²) in [5.41, 5.74) is 2.23. The van der Waals surface area contributed by atoms with Gasteiger partial charge in [0.15, 0.2) is 0 Å². The standard InChI is InChI=1S/C28H34O3/c1-19-14-16-23(28(2,3)21-12-8-5-9-13-21)25(18-19)31-27(30)26-22(15-17-24(26)29)20-10-6-4-7-11-20/h4-13,19,22-23,25-26H,14-18H2,1-3H3/t19-,22+,23-,25-,26?/m1/s1. The molecule has 1 unspecified atom stereocenters. The van der Waals surface area contributed by atoms with Crippen molar-refractivity contribution in [2.24, 2.45) is 17.8 Å². The van der Waals surface area contributed by atoms with Gasteiger partial charge in [-0.25, -0.2) is 0 Å². The highest BCUT2D eigenvalue weighted by Gasteiger charge is 2.46. The Morgan fingerprint density at radius 1 is 0.935 bits per heavy atom. The summed E-state index contributed by atoms with van der Waals surface area (Å²) in [5.74, 6) is -0.264. The molecule has 0 aliphatic heterocycles. The first-order valence-corrected chi connectivity index (χ1v) is 11.7. The van der Waals surface area contributed by atoms with Crippen molar-refractivity contribution < 1.29 is 14.3 Å². The predicted molar refractivity (Wildman–Crippen MR) is 123 cm³/mol. The Hall–Kier alpha value is -2.42. The second-order valence-electron chi connectivity index (χ2n) is 10.1. The number of Topliss-reactive ketones (excluding diaryl/α,β-unsaturated/α-hetero) is 1. The fourth-order valence-electron chi connectivity index (χ4n) is 5.79. The van der Waals surface area contributed by atoms with Crippen LogP contribution in [0.15, 0.2) is 60.7 Å². The molecule has 3 nitrogen and oxygen atoms in total. The molecule has 0 N–H and O–H groups in total. The maximum Gasteiger partial charge on any atom is 0.317 e. The van der Waals surface area contributed by atoms with Gasteiger partial charge in [0.05, 0.1) is 0 Å². The van der Waals surface area contributed by atoms with Gasteiger partial charge in [0, 0.05) is 18.3 Å². The third-order valence-electron chi connectivity index (χ3n) is 7.70. The van der Waals surface area contributed by atoms with E-state index < -0.39 is 5.92 Å². The molecule has 0 aromatic heterocycles. The van der Waals surface area contributed by atoms with Crippen LogP contribution < -0.4 is 0 Å². The molecule has 5 atom stereocenters. The summed E-state index contributed by atoms with van der Waals surface area (Å²) >= 11 is 0. The summed E-state index contributed by atoms with van der Waals surface area (Å²) in [4.78, 5) is 26.1. The SMILES string of the molecule is C[C@@H]1CC[C@@H](C(C)(C)c2ccccc2)[C@H](OC(=O)C2C(=O)CC[C@H]2c2ccccc2)C1. The fourth-order valence-corrected chi connectivity index (χ4v) is 5.79. The Labute approximate surface area is 186 Å². The molecule has 0 amide bonds. The van der Waals surface area contributed by atoms with Crippen molar-refractivity contribution in [3.63, 3.8) is 0 Å². The molecule has 4 rings (SSSR count). The Morgan fingerprint density at radius 3 is 2.26 bits per heavy atom. The molecule has 2 aliphatic carbocycles. The summed E-state index contributed by atoms with van der Waals surface area (Å²) in [5, 5.41) is 0. The Morgan fingerprint density at radius 2 is 1.58 bits per heavy atom. The van der Waals surface area contributed by atoms with Gasteiger partial charge in [0.2, 0.25) is 0 Å². The molecule has 2 aliphatic rings. The molecular formula is C28H34O3. The highest BCUT2D eigenvalue weighted by atomic mass is 16.5. The monoisotopic (exact) mass is 418 g/mol. The lowest BCUT2D eigenvalue weighted by atomic mass is 9.64. The van der Waals surface area contributed by atoms with Gasteiger partial charge in [-0.3, -0.25) is 9.59 Å². The van der Waals surface area contributed by atoms with Gasteiger partial charge in [-0.2, -0.15) is 0 Å². The van der Waals surface area contributed by atoms with Crippen molar-refractivity contribution in [2.75, 3.05) is 0 Å². The van der Waals surface area contributed by atoms with E-state index in [-0.39, 0.29) is 35.1 Å². The molecule has 0 radical (unpaired) electrons. The Kier molecular flexibility index (Phi) is 6.31. The van der Waals surface area contributed by atoms with Crippen LogP contribution in [0.2, 0.25) is 0 Å². The lowest BCUT2D eigenvalue weighted by Gasteiger charge is -2.44. The van der Waals surface area contributed by atoms with Gasteiger partial charge >= 0.3 is 5.97 Å². The maximum absolute atomic E-state index is 13.4. The van der Waals surface area contributed by atoms with E-state index >= 15 is 0 Å². The minimum Gasteiger partial charge on any atom is -0.461 e. The zero-order valence-corrected chi connectivity index (χ0v) is 18.9.